The summed E-state index contributed by atoms with van der Waals surface area (Å²) < 4.78 is 14.8. The Hall–Kier alpha value is -0.650. The van der Waals surface area contributed by atoms with Crippen LogP contribution in [0.3, 0.4) is 0 Å². The highest BCUT2D eigenvalue weighted by Crippen LogP contribution is 2.06. The Kier molecular flexibility index (Phi) is 8.15. The minimum Gasteiger partial charge on any atom is -0.468 e. The molecule has 0 bridgehead atoms. The zero-order valence-electron chi connectivity index (χ0n) is 10.8. The molecule has 0 spiro atoms. The van der Waals surface area contributed by atoms with Crippen molar-refractivity contribution in [1.29, 1.82) is 0 Å². The molecule has 5 heteroatoms. The molecule has 96 valence electrons. The molecule has 0 radical (unpaired) electrons. The fourth-order valence-electron chi connectivity index (χ4n) is 1.38. The van der Waals surface area contributed by atoms with Crippen molar-refractivity contribution in [2.45, 2.75) is 32.6 Å². The van der Waals surface area contributed by atoms with Crippen molar-refractivity contribution in [2.75, 3.05) is 27.9 Å². The number of carbonyl (C=O) groups is 1. The molecular weight excluding hydrogens is 210 g/mol. The van der Waals surface area contributed by atoms with E-state index < -0.39 is 0 Å². The number of carbonyl (C=O) groups excluding carboxylic acids is 1. The van der Waals surface area contributed by atoms with Crippen LogP contribution in [-0.4, -0.2) is 46.2 Å². The van der Waals surface area contributed by atoms with Crippen LogP contribution in [0.5, 0.6) is 0 Å². The molecule has 0 aliphatic heterocycles. The van der Waals surface area contributed by atoms with E-state index >= 15 is 0 Å². The van der Waals surface area contributed by atoms with Crippen molar-refractivity contribution < 1.29 is 19.0 Å². The van der Waals surface area contributed by atoms with E-state index in [-0.39, 0.29) is 18.3 Å². The second-order valence-corrected chi connectivity index (χ2v) is 4.01. The van der Waals surface area contributed by atoms with Crippen molar-refractivity contribution in [3.63, 3.8) is 0 Å². The molecule has 0 heterocycles. The van der Waals surface area contributed by atoms with Gasteiger partial charge in [-0.1, -0.05) is 13.8 Å². The van der Waals surface area contributed by atoms with Gasteiger partial charge in [-0.15, -0.1) is 0 Å². The Labute approximate surface area is 97.4 Å². The molecule has 0 aliphatic rings. The van der Waals surface area contributed by atoms with Gasteiger partial charge < -0.3 is 14.2 Å². The summed E-state index contributed by atoms with van der Waals surface area (Å²) in [5.41, 5.74) is 0. The molecule has 1 atom stereocenters. The van der Waals surface area contributed by atoms with Crippen LogP contribution in [0.2, 0.25) is 0 Å². The summed E-state index contributed by atoms with van der Waals surface area (Å²) in [6.45, 7) is 4.57. The fourth-order valence-corrected chi connectivity index (χ4v) is 1.38. The number of esters is 1. The third kappa shape index (κ3) is 6.05. The third-order valence-electron chi connectivity index (χ3n) is 2.25. The van der Waals surface area contributed by atoms with E-state index in [4.69, 9.17) is 14.2 Å². The van der Waals surface area contributed by atoms with E-state index in [1.54, 1.807) is 14.2 Å². The van der Waals surface area contributed by atoms with E-state index in [1.165, 1.54) is 7.11 Å². The van der Waals surface area contributed by atoms with Crippen molar-refractivity contribution in [2.24, 2.45) is 5.92 Å². The van der Waals surface area contributed by atoms with Crippen LogP contribution in [0.15, 0.2) is 0 Å². The van der Waals surface area contributed by atoms with Gasteiger partial charge in [0.15, 0.2) is 6.29 Å². The highest BCUT2D eigenvalue weighted by atomic mass is 16.7. The molecule has 0 saturated carbocycles. The molecule has 1 N–H and O–H groups in total. The topological polar surface area (TPSA) is 56.8 Å². The first kappa shape index (κ1) is 15.3. The predicted octanol–water partition coefficient (Wildman–Crippen LogP) is 0.783. The summed E-state index contributed by atoms with van der Waals surface area (Å²) in [5.74, 6) is 0.166. The zero-order valence-corrected chi connectivity index (χ0v) is 10.8. The highest BCUT2D eigenvalue weighted by molar-refractivity contribution is 5.75. The van der Waals surface area contributed by atoms with Crippen molar-refractivity contribution in [3.8, 4) is 0 Å². The van der Waals surface area contributed by atoms with Gasteiger partial charge >= 0.3 is 5.97 Å². The summed E-state index contributed by atoms with van der Waals surface area (Å²) in [5, 5.41) is 3.08. The average molecular weight is 233 g/mol. The second kappa shape index (κ2) is 8.50. The maximum Gasteiger partial charge on any atom is 0.322 e. The first-order valence-corrected chi connectivity index (χ1v) is 5.41. The molecule has 16 heavy (non-hydrogen) atoms. The molecule has 0 amide bonds. The second-order valence-electron chi connectivity index (χ2n) is 4.01. The molecule has 1 unspecified atom stereocenters. The van der Waals surface area contributed by atoms with Crippen molar-refractivity contribution >= 4 is 5.97 Å². The Bertz CT molecular complexity index is 192. The van der Waals surface area contributed by atoms with E-state index in [0.717, 1.165) is 6.42 Å². The van der Waals surface area contributed by atoms with Crippen molar-refractivity contribution in [1.82, 2.24) is 5.32 Å². The monoisotopic (exact) mass is 233 g/mol. The van der Waals surface area contributed by atoms with Gasteiger partial charge in [0, 0.05) is 20.8 Å². The number of rotatable bonds is 8. The average Bonchev–Trinajstić information content (AvgIpc) is 2.27. The lowest BCUT2D eigenvalue weighted by atomic mass is 10.0. The first-order chi connectivity index (χ1) is 7.54. The molecule has 0 aromatic heterocycles. The number of hydrogen-bond acceptors (Lipinski definition) is 5. The Morgan fingerprint density at radius 3 is 2.12 bits per heavy atom. The van der Waals surface area contributed by atoms with Gasteiger partial charge in [-0.2, -0.15) is 0 Å². The molecule has 0 aromatic carbocycles. The molecule has 5 nitrogen and oxygen atoms in total. The van der Waals surface area contributed by atoms with Gasteiger partial charge in [0.25, 0.3) is 0 Å². The Morgan fingerprint density at radius 1 is 1.19 bits per heavy atom. The van der Waals surface area contributed by atoms with E-state index in [0.29, 0.717) is 12.5 Å². The van der Waals surface area contributed by atoms with Crippen LogP contribution >= 0.6 is 0 Å². The number of hydrogen-bond donors (Lipinski definition) is 1. The van der Waals surface area contributed by atoms with E-state index in [9.17, 15) is 4.79 Å². The van der Waals surface area contributed by atoms with Crippen LogP contribution in [-0.2, 0) is 19.0 Å². The van der Waals surface area contributed by atoms with Gasteiger partial charge in [-0.3, -0.25) is 10.1 Å². The lowest BCUT2D eigenvalue weighted by Gasteiger charge is -2.21. The molecule has 0 fully saturated rings. The highest BCUT2D eigenvalue weighted by Gasteiger charge is 2.21. The fraction of sp³-hybridized carbons (Fsp3) is 0.909. The maximum atomic E-state index is 11.5. The third-order valence-corrected chi connectivity index (χ3v) is 2.25. The zero-order chi connectivity index (χ0) is 12.6. The summed E-state index contributed by atoms with van der Waals surface area (Å²) in [6.07, 6.45) is 0.381. The summed E-state index contributed by atoms with van der Waals surface area (Å²) in [4.78, 5) is 11.5. The van der Waals surface area contributed by atoms with Gasteiger partial charge in [-0.25, -0.2) is 0 Å². The van der Waals surface area contributed by atoms with Gasteiger partial charge in [0.1, 0.15) is 6.04 Å². The summed E-state index contributed by atoms with van der Waals surface area (Å²) in [6, 6.07) is -0.308. The lowest BCUT2D eigenvalue weighted by Crippen LogP contribution is -2.43. The molecule has 0 rings (SSSR count). The van der Waals surface area contributed by atoms with E-state index in [2.05, 4.69) is 19.2 Å². The Morgan fingerprint density at radius 2 is 1.75 bits per heavy atom. The minimum absolute atomic E-state index is 0.250. The Balaban J connectivity index is 4.15. The van der Waals surface area contributed by atoms with E-state index in [1.807, 2.05) is 0 Å². The molecular formula is C11H23NO4. The van der Waals surface area contributed by atoms with Gasteiger partial charge in [0.05, 0.1) is 7.11 Å². The van der Waals surface area contributed by atoms with Crippen LogP contribution in [0.4, 0.5) is 0 Å². The summed E-state index contributed by atoms with van der Waals surface area (Å²) in [7, 11) is 4.51. The molecule has 0 saturated heterocycles. The van der Waals surface area contributed by atoms with Crippen LogP contribution in [0.25, 0.3) is 0 Å². The normalized spacial score (nSPS) is 13.2. The SMILES string of the molecule is COC(=O)C(CC(C)C)NCC(OC)OC. The lowest BCUT2D eigenvalue weighted by molar-refractivity contribution is -0.144. The van der Waals surface area contributed by atoms with Crippen LogP contribution in [0, 0.1) is 5.92 Å². The van der Waals surface area contributed by atoms with Crippen LogP contribution < -0.4 is 5.32 Å². The van der Waals surface area contributed by atoms with Gasteiger partial charge in [0.2, 0.25) is 0 Å². The standard InChI is InChI=1S/C11H23NO4/c1-8(2)6-9(11(13)16-5)12-7-10(14-3)15-4/h8-10,12H,6-7H2,1-5H3. The number of ether oxygens (including phenoxy) is 3. The largest absolute Gasteiger partial charge is 0.468 e. The van der Waals surface area contributed by atoms with Gasteiger partial charge in [-0.05, 0) is 12.3 Å². The summed E-state index contributed by atoms with van der Waals surface area (Å²) >= 11 is 0. The number of methoxy groups -OCH3 is 3. The minimum atomic E-state index is -0.348. The quantitative estimate of drug-likeness (QED) is 0.496. The molecule has 0 aromatic rings. The van der Waals surface area contributed by atoms with Crippen molar-refractivity contribution in [3.05, 3.63) is 0 Å². The maximum absolute atomic E-state index is 11.5. The molecule has 0 aliphatic carbocycles. The predicted molar refractivity (Wildman–Crippen MR) is 61.1 cm³/mol. The number of nitrogens with one attached hydrogen (secondary N) is 1. The van der Waals surface area contributed by atoms with Crippen LogP contribution in [0.1, 0.15) is 20.3 Å². The smallest absolute Gasteiger partial charge is 0.322 e. The first-order valence-electron chi connectivity index (χ1n) is 5.41.